The summed E-state index contributed by atoms with van der Waals surface area (Å²) in [5, 5.41) is 43.2. The van der Waals surface area contributed by atoms with E-state index < -0.39 is 142 Å². The maximum atomic E-state index is 13.7. The summed E-state index contributed by atoms with van der Waals surface area (Å²) in [6.07, 6.45) is -13.9. The van der Waals surface area contributed by atoms with Gasteiger partial charge >= 0.3 is 29.0 Å². The lowest BCUT2D eigenvalue weighted by atomic mass is 10.0. The number of hydrogen-bond donors (Lipinski definition) is 12. The van der Waals surface area contributed by atoms with Gasteiger partial charge in [0.25, 0.3) is 24.5 Å². The summed E-state index contributed by atoms with van der Waals surface area (Å²) in [5.74, 6) is -0.718. The van der Waals surface area contributed by atoms with E-state index in [-0.39, 0.29) is 51.2 Å². The van der Waals surface area contributed by atoms with Crippen LogP contribution in [0.25, 0.3) is 33.5 Å². The van der Waals surface area contributed by atoms with Gasteiger partial charge in [0.1, 0.15) is 66.3 Å². The number of rotatable bonds is 18. The molecule has 10 heterocycles. The molecule has 4 aliphatic rings. The number of phosphoric ester groups is 3. The van der Waals surface area contributed by atoms with Crippen LogP contribution in [0.1, 0.15) is 18.7 Å². The number of nitrogens with one attached hydrogen (secondary N) is 2. The van der Waals surface area contributed by atoms with Gasteiger partial charge in [-0.25, -0.2) is 42.5 Å². The zero-order chi connectivity index (χ0) is 53.9. The summed E-state index contributed by atoms with van der Waals surface area (Å²) in [6.45, 7) is -4.17. The molecule has 0 saturated carbocycles. The molecule has 39 nitrogen and oxygen atoms in total. The first-order chi connectivity index (χ1) is 35.2. The van der Waals surface area contributed by atoms with E-state index in [2.05, 4.69) is 53.0 Å². The molecule has 408 valence electrons. The van der Waals surface area contributed by atoms with E-state index in [1.807, 2.05) is 0 Å². The highest BCUT2D eigenvalue weighted by atomic mass is 31.3. The second-order valence-corrected chi connectivity index (χ2v) is 23.0. The summed E-state index contributed by atoms with van der Waals surface area (Å²) in [6, 6.07) is 0. The van der Waals surface area contributed by atoms with Crippen LogP contribution >= 0.6 is 31.3 Å². The van der Waals surface area contributed by atoms with E-state index in [0.717, 1.165) is 28.1 Å². The number of nitrogens with zero attached hydrogens (tertiary/aromatic N) is 10. The van der Waals surface area contributed by atoms with Gasteiger partial charge in [-0.15, -0.1) is 0 Å². The third-order valence-electron chi connectivity index (χ3n) is 12.0. The molecule has 15 N–H and O–H groups in total. The van der Waals surface area contributed by atoms with Crippen molar-refractivity contribution >= 4 is 82.5 Å². The summed E-state index contributed by atoms with van der Waals surface area (Å²) in [4.78, 5) is 98.2. The number of imidazole rings is 3. The number of anilines is 3. The Hall–Kier alpha value is -5.15. The first-order valence-corrected chi connectivity index (χ1v) is 27.2. The number of nitrogens with two attached hydrogens (primary N) is 3. The molecule has 4 aliphatic heterocycles. The van der Waals surface area contributed by atoms with Crippen molar-refractivity contribution < 1.29 is 108 Å². The van der Waals surface area contributed by atoms with Crippen LogP contribution in [0, 0.1) is 0 Å². The predicted octanol–water partition coefficient (Wildman–Crippen LogP) is -5.59. The summed E-state index contributed by atoms with van der Waals surface area (Å²) in [7, 11) is -22.4. The van der Waals surface area contributed by atoms with Gasteiger partial charge in [-0.2, -0.15) is 18.8 Å². The minimum atomic E-state index is -6.28. The largest absolute Gasteiger partial charge is 0.756 e. The molecule has 4 fully saturated rings. The standard InChI is InChI=1S/C32H41N15O24P4/c1-44-9-47(24-14(44)26(53)43-31(35)41-24)28-18(51)16(49)11(67-28)3-64-73(56,57)70-75(60,61)71-74(58,59)65-5-32-4-62-19(29(68-32)45-7-38-12-21(33)36-6-37-22(12)45)20(32)69-72(54,55)63-2-10-15(48)17(50)27(66-10)46-8-39-13-23(46)40-30(34)42-25(13)52/h6-11,15-20,27-29,48-51H,2-5H2,1H3,(H11-,33,34,35,36,37,40,41,42,43,52,53,54,55,56,57,58,59,60,61)/t10-,11-,15?,16+,17+,18?,19+,20?,27-,28-,29-,32+/m1/s1. The molecule has 6 aromatic heterocycles. The maximum Gasteiger partial charge on any atom is 0.487 e. The van der Waals surface area contributed by atoms with Crippen molar-refractivity contribution in [2.45, 2.75) is 73.1 Å². The van der Waals surface area contributed by atoms with Crippen molar-refractivity contribution in [2.24, 2.45) is 7.05 Å². The third-order valence-corrected chi connectivity index (χ3v) is 17.2. The lowest BCUT2D eigenvalue weighted by Gasteiger charge is -2.32. The van der Waals surface area contributed by atoms with Crippen molar-refractivity contribution in [3.05, 3.63) is 46.0 Å². The highest BCUT2D eigenvalue weighted by Gasteiger charge is 2.66. The van der Waals surface area contributed by atoms with Crippen LogP contribution in [-0.4, -0.2) is 170 Å². The molecule has 6 aromatic rings. The number of aromatic nitrogens is 12. The number of nitrogen functional groups attached to an aromatic ring is 3. The molecule has 16 atom stereocenters. The van der Waals surface area contributed by atoms with E-state index in [4.69, 9.17) is 49.7 Å². The number of aromatic amines is 2. The van der Waals surface area contributed by atoms with Gasteiger partial charge in [0.05, 0.1) is 46.1 Å². The fourth-order valence-electron chi connectivity index (χ4n) is 8.73. The Morgan fingerprint density at radius 2 is 1.35 bits per heavy atom. The Morgan fingerprint density at radius 3 is 2.03 bits per heavy atom. The SMILES string of the molecule is C[n+]1cn([C@@H]2O[C@H](COP(=O)([O-])OP(=O)(O)OP(=O)(O)OC[C@@]34CO[C@@H](C3OP(=O)(O)OC[C@H]3O[C@@H](n5cnc6c(=O)[nH]c(N)nc65)[C@@H](O)C3O)[C@H](n3cnc5c(N)ncnc53)O4)[C@H](O)C2O)c2nc(N)[nH]c(=O)c21. The molecule has 0 spiro atoms. The van der Waals surface area contributed by atoms with E-state index in [9.17, 15) is 67.8 Å². The number of H-pyrrole nitrogens is 2. The molecule has 0 aliphatic carbocycles. The normalized spacial score (nSPS) is 32.0. The van der Waals surface area contributed by atoms with E-state index in [1.165, 1.54) is 22.5 Å². The van der Waals surface area contributed by atoms with Gasteiger partial charge in [0.15, 0.2) is 35.1 Å². The van der Waals surface area contributed by atoms with Crippen molar-refractivity contribution in [3.8, 4) is 0 Å². The zero-order valence-corrected chi connectivity index (χ0v) is 41.1. The van der Waals surface area contributed by atoms with Gasteiger partial charge in [0.2, 0.25) is 24.5 Å². The van der Waals surface area contributed by atoms with Crippen molar-refractivity contribution in [3.63, 3.8) is 0 Å². The molecule has 4 saturated heterocycles. The molecule has 2 bridgehead atoms. The van der Waals surface area contributed by atoms with Crippen molar-refractivity contribution in [1.29, 1.82) is 0 Å². The Morgan fingerprint density at radius 1 is 0.747 bits per heavy atom. The van der Waals surface area contributed by atoms with Crippen LogP contribution < -0.4 is 37.8 Å². The lowest BCUT2D eigenvalue weighted by Crippen LogP contribution is -2.45. The molecular formula is C32H41N15O24P4. The van der Waals surface area contributed by atoms with Crippen LogP contribution in [0.4, 0.5) is 17.7 Å². The molecule has 75 heavy (non-hydrogen) atoms. The average molecular weight is 1140 g/mol. The van der Waals surface area contributed by atoms with Crippen LogP contribution in [0.15, 0.2) is 34.9 Å². The summed E-state index contributed by atoms with van der Waals surface area (Å²) in [5.41, 5.74) is 13.1. The number of ether oxygens (including phenoxy) is 4. The van der Waals surface area contributed by atoms with Crippen molar-refractivity contribution in [1.82, 2.24) is 53.6 Å². The van der Waals surface area contributed by atoms with Gasteiger partial charge in [-0.1, -0.05) is 0 Å². The minimum Gasteiger partial charge on any atom is -0.756 e. The first kappa shape index (κ1) is 53.3. The molecule has 0 aromatic carbocycles. The quantitative estimate of drug-likeness (QED) is 0.0282. The second-order valence-electron chi connectivity index (χ2n) is 17.0. The smallest absolute Gasteiger partial charge is 0.487 e. The predicted molar refractivity (Wildman–Crippen MR) is 235 cm³/mol. The third kappa shape index (κ3) is 9.95. The zero-order valence-electron chi connectivity index (χ0n) is 37.6. The number of phosphoric acid groups is 4. The van der Waals surface area contributed by atoms with Gasteiger partial charge in [0, 0.05) is 0 Å². The highest BCUT2D eigenvalue weighted by molar-refractivity contribution is 7.66. The average Bonchev–Trinajstić information content (AvgIpc) is 4.23. The Bertz CT molecular complexity index is 3540. The molecular weight excluding hydrogens is 1100 g/mol. The highest BCUT2D eigenvalue weighted by Crippen LogP contribution is 2.67. The second kappa shape index (κ2) is 19.1. The van der Waals surface area contributed by atoms with Crippen LogP contribution in [0.5, 0.6) is 0 Å². The Balaban J connectivity index is 0.809. The number of aliphatic hydroxyl groups excluding tert-OH is 4. The summed E-state index contributed by atoms with van der Waals surface area (Å²) < 4.78 is 109. The van der Waals surface area contributed by atoms with Crippen LogP contribution in [0.3, 0.4) is 0 Å². The number of hydrogen-bond acceptors (Lipinski definition) is 30. The Labute approximate surface area is 413 Å². The lowest BCUT2D eigenvalue weighted by molar-refractivity contribution is -0.646. The maximum absolute atomic E-state index is 13.7. The van der Waals surface area contributed by atoms with E-state index in [1.54, 1.807) is 0 Å². The molecule has 7 unspecified atom stereocenters. The monoisotopic (exact) mass is 1140 g/mol. The fourth-order valence-corrected chi connectivity index (χ4v) is 13.3. The van der Waals surface area contributed by atoms with Gasteiger partial charge < -0.3 is 80.7 Å². The summed E-state index contributed by atoms with van der Waals surface area (Å²) >= 11 is 0. The van der Waals surface area contributed by atoms with Gasteiger partial charge in [-0.05, 0) is 0 Å². The molecule has 10 rings (SSSR count). The fraction of sp³-hybridized carbons (Fsp3) is 0.531. The van der Waals surface area contributed by atoms with Gasteiger partial charge in [-0.3, -0.25) is 46.8 Å². The van der Waals surface area contributed by atoms with E-state index >= 15 is 0 Å². The molecule has 0 radical (unpaired) electrons. The number of fused-ring (bicyclic) bond motifs is 5. The topological polar surface area (TPSA) is 565 Å². The first-order valence-electron chi connectivity index (χ1n) is 21.2. The number of aryl methyl sites for hydroxylation is 1. The molecule has 43 heteroatoms. The van der Waals surface area contributed by atoms with Crippen LogP contribution in [0.2, 0.25) is 0 Å². The van der Waals surface area contributed by atoms with Crippen LogP contribution in [-0.2, 0) is 71.0 Å². The Kier molecular flexibility index (Phi) is 13.6. The molecule has 0 amide bonds. The van der Waals surface area contributed by atoms with E-state index in [0.29, 0.717) is 0 Å². The van der Waals surface area contributed by atoms with Crippen molar-refractivity contribution in [2.75, 3.05) is 43.6 Å². The number of aliphatic hydroxyl groups is 4. The minimum absolute atomic E-state index is 0.0174.